The minimum Gasteiger partial charge on any atom is -0.273 e. The number of fused-ring (bicyclic) bond motifs is 1. The van der Waals surface area contributed by atoms with Gasteiger partial charge in [-0.2, -0.15) is 5.01 Å². The molecule has 2 aliphatic rings. The number of nitroso groups, excluding NO2 is 1. The van der Waals surface area contributed by atoms with E-state index in [4.69, 9.17) is 0 Å². The Morgan fingerprint density at radius 3 is 2.75 bits per heavy atom. The van der Waals surface area contributed by atoms with Crippen LogP contribution in [0.15, 0.2) is 5.29 Å². The van der Waals surface area contributed by atoms with Gasteiger partial charge >= 0.3 is 0 Å². The molecule has 0 radical (unpaired) electrons. The summed E-state index contributed by atoms with van der Waals surface area (Å²) in [4.78, 5) is 21.6. The van der Waals surface area contributed by atoms with Gasteiger partial charge in [-0.3, -0.25) is 4.79 Å². The second-order valence-electron chi connectivity index (χ2n) is 3.65. The van der Waals surface area contributed by atoms with E-state index >= 15 is 0 Å². The van der Waals surface area contributed by atoms with Crippen LogP contribution in [-0.4, -0.2) is 17.5 Å². The van der Waals surface area contributed by atoms with Crippen molar-refractivity contribution in [3.8, 4) is 0 Å². The first-order chi connectivity index (χ1) is 5.83. The van der Waals surface area contributed by atoms with Crippen LogP contribution >= 0.6 is 0 Å². The number of nitrogens with zero attached hydrogens (tertiary/aromatic N) is 2. The molecular formula is C8H12N2O2. The summed E-state index contributed by atoms with van der Waals surface area (Å²) < 4.78 is 0. The predicted octanol–water partition coefficient (Wildman–Crippen LogP) is 1.32. The summed E-state index contributed by atoms with van der Waals surface area (Å²) in [5.41, 5.74) is 0. The summed E-state index contributed by atoms with van der Waals surface area (Å²) in [6.45, 7) is 0.562. The molecule has 2 rings (SSSR count). The zero-order valence-electron chi connectivity index (χ0n) is 6.90. The molecule has 0 N–H and O–H groups in total. The van der Waals surface area contributed by atoms with E-state index in [0.29, 0.717) is 12.5 Å². The fraction of sp³-hybridized carbons (Fsp3) is 0.875. The number of hydrogen-bond donors (Lipinski definition) is 0. The largest absolute Gasteiger partial charge is 0.273 e. The van der Waals surface area contributed by atoms with Gasteiger partial charge in [0.1, 0.15) is 0 Å². The number of rotatable bonds is 1. The van der Waals surface area contributed by atoms with Gasteiger partial charge in [0, 0.05) is 5.92 Å². The van der Waals surface area contributed by atoms with Crippen molar-refractivity contribution < 1.29 is 4.79 Å². The Balaban J connectivity index is 2.12. The van der Waals surface area contributed by atoms with Gasteiger partial charge in [-0.1, -0.05) is 12.8 Å². The minimum atomic E-state index is -0.0466. The number of carbonyl (C=O) groups is 1. The molecule has 0 spiro atoms. The van der Waals surface area contributed by atoms with Crippen LogP contribution in [0.4, 0.5) is 0 Å². The molecule has 1 aliphatic heterocycles. The van der Waals surface area contributed by atoms with Gasteiger partial charge in [0.2, 0.25) is 5.91 Å². The van der Waals surface area contributed by atoms with Crippen molar-refractivity contribution in [3.63, 3.8) is 0 Å². The first-order valence-corrected chi connectivity index (χ1v) is 4.47. The van der Waals surface area contributed by atoms with Gasteiger partial charge in [-0.25, -0.2) is 0 Å². The summed E-state index contributed by atoms with van der Waals surface area (Å²) in [6, 6.07) is 0. The van der Waals surface area contributed by atoms with Crippen LogP contribution in [0.1, 0.15) is 25.7 Å². The Bertz CT molecular complexity index is 217. The third-order valence-electron chi connectivity index (χ3n) is 2.99. The zero-order chi connectivity index (χ0) is 8.55. The van der Waals surface area contributed by atoms with Crippen LogP contribution in [0, 0.1) is 16.7 Å². The normalized spacial score (nSPS) is 35.0. The van der Waals surface area contributed by atoms with Crippen LogP contribution in [0.5, 0.6) is 0 Å². The van der Waals surface area contributed by atoms with Crippen molar-refractivity contribution in [3.05, 3.63) is 4.91 Å². The van der Waals surface area contributed by atoms with Crippen LogP contribution in [0.2, 0.25) is 0 Å². The van der Waals surface area contributed by atoms with Crippen molar-refractivity contribution in [2.45, 2.75) is 25.7 Å². The molecule has 4 nitrogen and oxygen atoms in total. The SMILES string of the molecule is O=NN1CC2CCCCC2C1=O. The lowest BCUT2D eigenvalue weighted by atomic mass is 9.81. The molecule has 0 bridgehead atoms. The maximum absolute atomic E-state index is 11.4. The topological polar surface area (TPSA) is 49.7 Å². The van der Waals surface area contributed by atoms with Gasteiger partial charge in [0.05, 0.1) is 11.8 Å². The Labute approximate surface area is 70.9 Å². The molecule has 12 heavy (non-hydrogen) atoms. The van der Waals surface area contributed by atoms with Crippen molar-refractivity contribution in [2.24, 2.45) is 17.1 Å². The van der Waals surface area contributed by atoms with Gasteiger partial charge < -0.3 is 0 Å². The average Bonchev–Trinajstić information content (AvgIpc) is 2.44. The molecule has 1 heterocycles. The smallest absolute Gasteiger partial charge is 0.248 e. The maximum atomic E-state index is 11.4. The molecule has 4 heteroatoms. The quantitative estimate of drug-likeness (QED) is 0.554. The Morgan fingerprint density at radius 2 is 2.08 bits per heavy atom. The molecular weight excluding hydrogens is 156 g/mol. The van der Waals surface area contributed by atoms with Crippen molar-refractivity contribution >= 4 is 5.91 Å². The van der Waals surface area contributed by atoms with Crippen LogP contribution in [0.25, 0.3) is 0 Å². The second-order valence-corrected chi connectivity index (χ2v) is 3.65. The molecule has 2 unspecified atom stereocenters. The van der Waals surface area contributed by atoms with E-state index < -0.39 is 0 Å². The van der Waals surface area contributed by atoms with E-state index in [1.807, 2.05) is 0 Å². The highest BCUT2D eigenvalue weighted by molar-refractivity contribution is 5.81. The van der Waals surface area contributed by atoms with Crippen molar-refractivity contribution in [2.75, 3.05) is 6.54 Å². The van der Waals surface area contributed by atoms with Gasteiger partial charge in [0.25, 0.3) is 0 Å². The van der Waals surface area contributed by atoms with Crippen molar-refractivity contribution in [1.29, 1.82) is 0 Å². The van der Waals surface area contributed by atoms with E-state index in [1.54, 1.807) is 0 Å². The van der Waals surface area contributed by atoms with Crippen molar-refractivity contribution in [1.82, 2.24) is 5.01 Å². The average molecular weight is 168 g/mol. The van der Waals surface area contributed by atoms with Gasteiger partial charge in [-0.05, 0) is 18.8 Å². The summed E-state index contributed by atoms with van der Waals surface area (Å²) >= 11 is 0. The first-order valence-electron chi connectivity index (χ1n) is 4.47. The Kier molecular flexibility index (Phi) is 1.83. The molecule has 0 aromatic rings. The number of amides is 1. The molecule has 0 aromatic heterocycles. The van der Waals surface area contributed by atoms with Gasteiger partial charge in [-0.15, -0.1) is 4.91 Å². The van der Waals surface area contributed by atoms with E-state index in [2.05, 4.69) is 5.29 Å². The summed E-state index contributed by atoms with van der Waals surface area (Å²) in [5.74, 6) is 0.468. The van der Waals surface area contributed by atoms with Crippen LogP contribution in [-0.2, 0) is 4.79 Å². The molecule has 1 amide bonds. The lowest BCUT2D eigenvalue weighted by Crippen LogP contribution is -2.22. The monoisotopic (exact) mass is 168 g/mol. The Morgan fingerprint density at radius 1 is 1.33 bits per heavy atom. The van der Waals surface area contributed by atoms with E-state index in [-0.39, 0.29) is 11.8 Å². The maximum Gasteiger partial charge on any atom is 0.248 e. The van der Waals surface area contributed by atoms with E-state index in [9.17, 15) is 9.70 Å². The lowest BCUT2D eigenvalue weighted by Gasteiger charge is -2.20. The standard InChI is InChI=1S/C8H12N2O2/c11-8-7-4-2-1-3-6(7)5-10(8)9-12/h6-7H,1-5H2. The number of carbonyl (C=O) groups excluding carboxylic acids is 1. The molecule has 2 atom stereocenters. The molecule has 66 valence electrons. The summed E-state index contributed by atoms with van der Waals surface area (Å²) in [5, 5.41) is 3.82. The predicted molar refractivity (Wildman–Crippen MR) is 43.0 cm³/mol. The third-order valence-corrected chi connectivity index (χ3v) is 2.99. The second kappa shape index (κ2) is 2.84. The summed E-state index contributed by atoms with van der Waals surface area (Å²) in [7, 11) is 0. The molecule has 2 fully saturated rings. The first kappa shape index (κ1) is 7.71. The number of hydrogen-bond acceptors (Lipinski definition) is 3. The Hall–Kier alpha value is -0.930. The fourth-order valence-electron chi connectivity index (χ4n) is 2.33. The zero-order valence-corrected chi connectivity index (χ0v) is 6.90. The fourth-order valence-corrected chi connectivity index (χ4v) is 2.33. The van der Waals surface area contributed by atoms with E-state index in [0.717, 1.165) is 24.3 Å². The van der Waals surface area contributed by atoms with Gasteiger partial charge in [0.15, 0.2) is 0 Å². The van der Waals surface area contributed by atoms with Crippen LogP contribution < -0.4 is 0 Å². The molecule has 1 saturated heterocycles. The molecule has 0 aromatic carbocycles. The molecule has 1 aliphatic carbocycles. The van der Waals surface area contributed by atoms with Crippen LogP contribution in [0.3, 0.4) is 0 Å². The highest BCUT2D eigenvalue weighted by Crippen LogP contribution is 2.36. The lowest BCUT2D eigenvalue weighted by molar-refractivity contribution is -0.131. The highest BCUT2D eigenvalue weighted by Gasteiger charge is 2.42. The summed E-state index contributed by atoms with van der Waals surface area (Å²) in [6.07, 6.45) is 4.36. The third kappa shape index (κ3) is 1.02. The molecule has 1 saturated carbocycles. The van der Waals surface area contributed by atoms with E-state index in [1.165, 1.54) is 6.42 Å². The minimum absolute atomic E-state index is 0.0466. The highest BCUT2D eigenvalue weighted by atomic mass is 16.3.